The van der Waals surface area contributed by atoms with E-state index in [2.05, 4.69) is 10.3 Å². The summed E-state index contributed by atoms with van der Waals surface area (Å²) < 4.78 is 11.2. The second-order valence-corrected chi connectivity index (χ2v) is 7.78. The molecule has 0 bridgehead atoms. The van der Waals surface area contributed by atoms with Crippen LogP contribution in [-0.4, -0.2) is 59.0 Å². The molecule has 2 N–H and O–H groups in total. The summed E-state index contributed by atoms with van der Waals surface area (Å²) in [6, 6.07) is 7.14. The van der Waals surface area contributed by atoms with Crippen LogP contribution < -0.4 is 10.1 Å². The summed E-state index contributed by atoms with van der Waals surface area (Å²) in [5.74, 6) is 0.615. The Bertz CT molecular complexity index is 854. The van der Waals surface area contributed by atoms with E-state index < -0.39 is 17.8 Å². The van der Waals surface area contributed by atoms with Gasteiger partial charge in [0, 0.05) is 30.7 Å². The van der Waals surface area contributed by atoms with Gasteiger partial charge in [0.25, 0.3) is 0 Å². The fourth-order valence-corrected chi connectivity index (χ4v) is 2.76. The number of carbonyl (C=O) groups excluding carboxylic acids is 1. The maximum Gasteiger partial charge on any atom is 0.410 e. The van der Waals surface area contributed by atoms with Crippen molar-refractivity contribution in [3.8, 4) is 5.75 Å². The number of nitrogens with zero attached hydrogens (tertiary/aromatic N) is 2. The summed E-state index contributed by atoms with van der Waals surface area (Å²) in [6.45, 7) is 6.50. The monoisotopic (exact) mass is 423 g/mol. The van der Waals surface area contributed by atoms with Gasteiger partial charge in [-0.15, -0.1) is 0 Å². The fourth-order valence-electron chi connectivity index (χ4n) is 2.54. The van der Waals surface area contributed by atoms with Gasteiger partial charge >= 0.3 is 12.2 Å². The van der Waals surface area contributed by atoms with Gasteiger partial charge in [0.15, 0.2) is 0 Å². The molecule has 8 nitrogen and oxygen atoms in total. The molecule has 9 heteroatoms. The molecule has 2 amide bonds. The highest BCUT2D eigenvalue weighted by atomic mass is 35.5. The fraction of sp³-hybridized carbons (Fsp3) is 0.450. The molecular formula is C20H26ClN3O5. The molecule has 0 aliphatic heterocycles. The lowest BCUT2D eigenvalue weighted by atomic mass is 10.2. The van der Waals surface area contributed by atoms with Gasteiger partial charge in [0.2, 0.25) is 0 Å². The van der Waals surface area contributed by atoms with Gasteiger partial charge in [-0.1, -0.05) is 11.6 Å². The van der Waals surface area contributed by atoms with E-state index >= 15 is 0 Å². The van der Waals surface area contributed by atoms with E-state index in [9.17, 15) is 9.59 Å². The van der Waals surface area contributed by atoms with Crippen molar-refractivity contribution in [1.82, 2.24) is 15.2 Å². The molecule has 0 fully saturated rings. The van der Waals surface area contributed by atoms with E-state index in [1.165, 1.54) is 4.90 Å². The Morgan fingerprint density at radius 1 is 1.24 bits per heavy atom. The molecule has 1 aromatic heterocycles. The van der Waals surface area contributed by atoms with Gasteiger partial charge in [0.1, 0.15) is 18.0 Å². The Hall–Kier alpha value is -2.74. The van der Waals surface area contributed by atoms with Crippen LogP contribution in [0.15, 0.2) is 30.5 Å². The number of halogens is 1. The zero-order valence-electron chi connectivity index (χ0n) is 16.8. The van der Waals surface area contributed by atoms with Gasteiger partial charge in [-0.05, 0) is 45.4 Å². The standard InChI is InChI=1S/C20H26ClN3O5/c1-20(2,3)29-19(27)24(10-4-8-23-18(25)26)11-12-28-14-5-6-15-16(21)7-9-22-17(15)13-14/h5-7,9,13,23H,4,8,10-12H2,1-3H3,(H,25,26). The van der Waals surface area contributed by atoms with Crippen molar-refractivity contribution in [1.29, 1.82) is 0 Å². The quantitative estimate of drug-likeness (QED) is 0.618. The van der Waals surface area contributed by atoms with Gasteiger partial charge in [-0.25, -0.2) is 9.59 Å². The van der Waals surface area contributed by atoms with Crippen LogP contribution in [-0.2, 0) is 4.74 Å². The second-order valence-electron chi connectivity index (χ2n) is 7.37. The molecule has 0 aliphatic carbocycles. The minimum absolute atomic E-state index is 0.243. The summed E-state index contributed by atoms with van der Waals surface area (Å²) in [5.41, 5.74) is 0.0949. The number of carbonyl (C=O) groups is 2. The number of fused-ring (bicyclic) bond motifs is 1. The lowest BCUT2D eigenvalue weighted by Crippen LogP contribution is -2.40. The molecule has 0 spiro atoms. The molecule has 0 saturated carbocycles. The normalized spacial score (nSPS) is 11.2. The largest absolute Gasteiger partial charge is 0.492 e. The van der Waals surface area contributed by atoms with Gasteiger partial charge in [-0.3, -0.25) is 4.98 Å². The smallest absolute Gasteiger partial charge is 0.410 e. The van der Waals surface area contributed by atoms with Gasteiger partial charge in [0.05, 0.1) is 17.1 Å². The lowest BCUT2D eigenvalue weighted by Gasteiger charge is -2.27. The summed E-state index contributed by atoms with van der Waals surface area (Å²) in [5, 5.41) is 12.4. The average molecular weight is 424 g/mol. The number of benzene rings is 1. The first-order valence-corrected chi connectivity index (χ1v) is 9.65. The minimum atomic E-state index is -1.10. The zero-order chi connectivity index (χ0) is 21.4. The first-order valence-electron chi connectivity index (χ1n) is 9.27. The van der Waals surface area contributed by atoms with Crippen LogP contribution >= 0.6 is 11.6 Å². The molecule has 2 rings (SSSR count). The third-order valence-corrected chi connectivity index (χ3v) is 4.15. The van der Waals surface area contributed by atoms with Gasteiger partial charge in [-0.2, -0.15) is 0 Å². The highest BCUT2D eigenvalue weighted by Crippen LogP contribution is 2.25. The maximum absolute atomic E-state index is 12.4. The van der Waals surface area contributed by atoms with E-state index in [1.807, 2.05) is 6.07 Å². The molecular weight excluding hydrogens is 398 g/mol. The number of aromatic nitrogens is 1. The number of hydrogen-bond donors (Lipinski definition) is 2. The first-order chi connectivity index (χ1) is 13.7. The van der Waals surface area contributed by atoms with Crippen molar-refractivity contribution < 1.29 is 24.2 Å². The van der Waals surface area contributed by atoms with Crippen molar-refractivity contribution >= 4 is 34.7 Å². The summed E-state index contributed by atoms with van der Waals surface area (Å²) >= 11 is 6.14. The highest BCUT2D eigenvalue weighted by Gasteiger charge is 2.22. The number of pyridine rings is 1. The summed E-state index contributed by atoms with van der Waals surface area (Å²) in [6.07, 6.45) is 0.527. The third kappa shape index (κ3) is 7.65. The molecule has 0 aliphatic rings. The van der Waals surface area contributed by atoms with E-state index in [0.29, 0.717) is 30.3 Å². The number of nitrogens with one attached hydrogen (secondary N) is 1. The second kappa shape index (κ2) is 10.2. The Kier molecular flexibility index (Phi) is 7.90. The predicted octanol–water partition coefficient (Wildman–Crippen LogP) is 4.16. The van der Waals surface area contributed by atoms with Crippen molar-refractivity contribution in [2.75, 3.05) is 26.2 Å². The molecule has 158 valence electrons. The lowest BCUT2D eigenvalue weighted by molar-refractivity contribution is 0.0225. The van der Waals surface area contributed by atoms with Crippen molar-refractivity contribution in [2.24, 2.45) is 0 Å². The van der Waals surface area contributed by atoms with E-state index in [0.717, 1.165) is 10.9 Å². The van der Waals surface area contributed by atoms with Crippen molar-refractivity contribution in [3.63, 3.8) is 0 Å². The van der Waals surface area contributed by atoms with Crippen LogP contribution in [0.5, 0.6) is 5.75 Å². The summed E-state index contributed by atoms with van der Waals surface area (Å²) in [4.78, 5) is 28.8. The van der Waals surface area contributed by atoms with Crippen molar-refractivity contribution in [3.05, 3.63) is 35.5 Å². The Morgan fingerprint density at radius 2 is 2.00 bits per heavy atom. The molecule has 0 radical (unpaired) electrons. The average Bonchev–Trinajstić information content (AvgIpc) is 2.62. The van der Waals surface area contributed by atoms with Crippen LogP contribution in [0.4, 0.5) is 9.59 Å². The predicted molar refractivity (Wildman–Crippen MR) is 111 cm³/mol. The molecule has 29 heavy (non-hydrogen) atoms. The SMILES string of the molecule is CC(C)(C)OC(=O)N(CCCNC(=O)O)CCOc1ccc2c(Cl)ccnc2c1. The van der Waals surface area contributed by atoms with Crippen LogP contribution in [0.2, 0.25) is 5.02 Å². The minimum Gasteiger partial charge on any atom is -0.492 e. The Balaban J connectivity index is 1.95. The van der Waals surface area contributed by atoms with Crippen molar-refractivity contribution in [2.45, 2.75) is 32.8 Å². The Morgan fingerprint density at radius 3 is 2.69 bits per heavy atom. The Labute approximate surface area is 174 Å². The first kappa shape index (κ1) is 22.5. The number of amides is 2. The molecule has 0 unspecified atom stereocenters. The molecule has 0 saturated heterocycles. The van der Waals surface area contributed by atoms with E-state index in [-0.39, 0.29) is 13.2 Å². The van der Waals surface area contributed by atoms with E-state index in [1.54, 1.807) is 45.2 Å². The molecule has 1 heterocycles. The van der Waals surface area contributed by atoms with Crippen LogP contribution in [0.25, 0.3) is 10.9 Å². The number of rotatable bonds is 8. The van der Waals surface area contributed by atoms with Gasteiger partial charge < -0.3 is 24.8 Å². The third-order valence-electron chi connectivity index (χ3n) is 3.82. The summed E-state index contributed by atoms with van der Waals surface area (Å²) in [7, 11) is 0. The van der Waals surface area contributed by atoms with Crippen LogP contribution in [0, 0.1) is 0 Å². The maximum atomic E-state index is 12.4. The molecule has 2 aromatic rings. The van der Waals surface area contributed by atoms with Crippen LogP contribution in [0.1, 0.15) is 27.2 Å². The molecule has 0 atom stereocenters. The highest BCUT2D eigenvalue weighted by molar-refractivity contribution is 6.35. The number of ether oxygens (including phenoxy) is 2. The van der Waals surface area contributed by atoms with Crippen LogP contribution in [0.3, 0.4) is 0 Å². The molecule has 1 aromatic carbocycles. The topological polar surface area (TPSA) is 101 Å². The zero-order valence-corrected chi connectivity index (χ0v) is 17.5. The van der Waals surface area contributed by atoms with E-state index in [4.69, 9.17) is 26.2 Å². The number of carboxylic acid groups (broad SMARTS) is 1. The number of hydrogen-bond acceptors (Lipinski definition) is 5.